The Morgan fingerprint density at radius 2 is 2.00 bits per heavy atom. The molecule has 142 valence electrons. The van der Waals surface area contributed by atoms with Gasteiger partial charge < -0.3 is 24.7 Å². The third-order valence-electron chi connectivity index (χ3n) is 4.20. The van der Waals surface area contributed by atoms with Gasteiger partial charge >= 0.3 is 0 Å². The van der Waals surface area contributed by atoms with Crippen molar-refractivity contribution < 1.29 is 23.7 Å². The lowest BCUT2D eigenvalue weighted by Gasteiger charge is -2.21. The minimum absolute atomic E-state index is 0.118. The smallest absolute Gasteiger partial charge is 0.204 e. The van der Waals surface area contributed by atoms with Crippen LogP contribution in [0.3, 0.4) is 0 Å². The Morgan fingerprint density at radius 3 is 2.74 bits per heavy atom. The molecule has 0 bridgehead atoms. The number of hydrogen-bond donors (Lipinski definition) is 1. The number of carbonyl (C=O) groups is 1. The van der Waals surface area contributed by atoms with Gasteiger partial charge in [0.1, 0.15) is 19.0 Å². The molecule has 2 aromatic rings. The molecule has 2 aromatic carbocycles. The molecule has 0 radical (unpaired) electrons. The van der Waals surface area contributed by atoms with Gasteiger partial charge in [0.15, 0.2) is 17.3 Å². The quantitative estimate of drug-likeness (QED) is 0.475. The third kappa shape index (κ3) is 3.84. The normalized spacial score (nSPS) is 13.2. The molecule has 0 atom stereocenters. The average Bonchev–Trinajstić information content (AvgIpc) is 2.69. The van der Waals surface area contributed by atoms with Crippen molar-refractivity contribution in [3.8, 4) is 23.0 Å². The molecule has 6 nitrogen and oxygen atoms in total. The predicted octanol–water partition coefficient (Wildman–Crippen LogP) is 3.73. The molecule has 1 heterocycles. The molecule has 0 amide bonds. The van der Waals surface area contributed by atoms with Crippen LogP contribution in [0.2, 0.25) is 0 Å². The van der Waals surface area contributed by atoms with Crippen molar-refractivity contribution in [3.63, 3.8) is 0 Å². The highest BCUT2D eigenvalue weighted by atomic mass is 16.6. The minimum Gasteiger partial charge on any atom is -0.492 e. The standard InChI is InChI=1S/C21H23NO5/c1-4-25-18-12-14(5-7-16(18)22)19(23)13(2)11-15-6-8-17-21(20(15)24-3)27-10-9-26-17/h5-8,11-12H,4,9-10,22H2,1-3H3/b13-11+. The van der Waals surface area contributed by atoms with Gasteiger partial charge in [0.05, 0.1) is 19.4 Å². The minimum atomic E-state index is -0.118. The number of benzene rings is 2. The number of nitrogen functional groups attached to an aromatic ring is 1. The fourth-order valence-electron chi connectivity index (χ4n) is 2.91. The fraction of sp³-hybridized carbons (Fsp3) is 0.286. The molecule has 1 aliphatic heterocycles. The van der Waals surface area contributed by atoms with Gasteiger partial charge in [-0.25, -0.2) is 0 Å². The first-order chi connectivity index (χ1) is 13.0. The Hall–Kier alpha value is -3.15. The monoisotopic (exact) mass is 369 g/mol. The number of carbonyl (C=O) groups excluding carboxylic acids is 1. The number of Topliss-reactive ketones (excluding diaryl/α,β-unsaturated/α-hetero) is 1. The summed E-state index contributed by atoms with van der Waals surface area (Å²) in [4.78, 5) is 12.8. The van der Waals surface area contributed by atoms with E-state index in [0.717, 1.165) is 5.56 Å². The Kier molecular flexibility index (Phi) is 5.54. The first kappa shape index (κ1) is 18.6. The van der Waals surface area contributed by atoms with E-state index in [4.69, 9.17) is 24.7 Å². The topological polar surface area (TPSA) is 80.0 Å². The summed E-state index contributed by atoms with van der Waals surface area (Å²) in [6, 6.07) is 8.70. The molecule has 0 saturated heterocycles. The van der Waals surface area contributed by atoms with E-state index in [1.54, 1.807) is 38.3 Å². The lowest BCUT2D eigenvalue weighted by molar-refractivity contribution is 0.103. The average molecular weight is 369 g/mol. The number of methoxy groups -OCH3 is 1. The van der Waals surface area contributed by atoms with Crippen molar-refractivity contribution in [2.75, 3.05) is 32.7 Å². The predicted molar refractivity (Wildman–Crippen MR) is 104 cm³/mol. The number of anilines is 1. The first-order valence-corrected chi connectivity index (χ1v) is 8.77. The third-order valence-corrected chi connectivity index (χ3v) is 4.20. The van der Waals surface area contributed by atoms with Gasteiger partial charge in [-0.15, -0.1) is 0 Å². The van der Waals surface area contributed by atoms with Crippen LogP contribution in [0.15, 0.2) is 35.9 Å². The molecule has 0 spiro atoms. The molecule has 0 aliphatic carbocycles. The van der Waals surface area contributed by atoms with Gasteiger partial charge in [-0.1, -0.05) is 0 Å². The Balaban J connectivity index is 1.93. The summed E-state index contributed by atoms with van der Waals surface area (Å²) in [6.45, 7) is 5.07. The van der Waals surface area contributed by atoms with Crippen LogP contribution in [0, 0.1) is 0 Å². The maximum Gasteiger partial charge on any atom is 0.204 e. The number of fused-ring (bicyclic) bond motifs is 1. The SMILES string of the molecule is CCOc1cc(C(=O)/C(C)=C/c2ccc3c(c2OC)OCCO3)ccc1N. The van der Waals surface area contributed by atoms with Crippen molar-refractivity contribution in [2.24, 2.45) is 0 Å². The van der Waals surface area contributed by atoms with E-state index in [1.807, 2.05) is 19.1 Å². The first-order valence-electron chi connectivity index (χ1n) is 8.77. The number of hydrogen-bond acceptors (Lipinski definition) is 6. The zero-order valence-corrected chi connectivity index (χ0v) is 15.7. The molecule has 0 fully saturated rings. The Labute approximate surface area is 158 Å². The second kappa shape index (κ2) is 8.03. The Morgan fingerprint density at radius 1 is 1.22 bits per heavy atom. The second-order valence-electron chi connectivity index (χ2n) is 6.05. The largest absolute Gasteiger partial charge is 0.492 e. The van der Waals surface area contributed by atoms with E-state index in [9.17, 15) is 4.79 Å². The highest BCUT2D eigenvalue weighted by Gasteiger charge is 2.20. The molecule has 0 saturated carbocycles. The summed E-state index contributed by atoms with van der Waals surface area (Å²) in [6.07, 6.45) is 1.77. The van der Waals surface area contributed by atoms with Crippen molar-refractivity contribution in [1.29, 1.82) is 0 Å². The van der Waals surface area contributed by atoms with Crippen molar-refractivity contribution in [2.45, 2.75) is 13.8 Å². The van der Waals surface area contributed by atoms with Crippen LogP contribution >= 0.6 is 0 Å². The van der Waals surface area contributed by atoms with Crippen LogP contribution in [0.4, 0.5) is 5.69 Å². The van der Waals surface area contributed by atoms with E-state index in [-0.39, 0.29) is 5.78 Å². The zero-order chi connectivity index (χ0) is 19.4. The van der Waals surface area contributed by atoms with Gasteiger partial charge in [0.2, 0.25) is 5.75 Å². The van der Waals surface area contributed by atoms with E-state index in [1.165, 1.54) is 0 Å². The molecule has 2 N–H and O–H groups in total. The van der Waals surface area contributed by atoms with E-state index in [0.29, 0.717) is 59.6 Å². The fourth-order valence-corrected chi connectivity index (χ4v) is 2.91. The van der Waals surface area contributed by atoms with Gasteiger partial charge in [0.25, 0.3) is 0 Å². The van der Waals surface area contributed by atoms with Crippen LogP contribution in [0.5, 0.6) is 23.0 Å². The summed E-state index contributed by atoms with van der Waals surface area (Å²) in [5, 5.41) is 0. The van der Waals surface area contributed by atoms with Crippen molar-refractivity contribution in [1.82, 2.24) is 0 Å². The van der Waals surface area contributed by atoms with Crippen molar-refractivity contribution >= 4 is 17.5 Å². The lowest BCUT2D eigenvalue weighted by atomic mass is 10.0. The molecular formula is C21H23NO5. The second-order valence-corrected chi connectivity index (χ2v) is 6.05. The summed E-state index contributed by atoms with van der Waals surface area (Å²) in [5.74, 6) is 2.13. The lowest BCUT2D eigenvalue weighted by Crippen LogP contribution is -2.16. The number of ketones is 1. The molecule has 0 aromatic heterocycles. The van der Waals surface area contributed by atoms with Crippen LogP contribution < -0.4 is 24.7 Å². The molecule has 3 rings (SSSR count). The van der Waals surface area contributed by atoms with E-state index < -0.39 is 0 Å². The molecule has 27 heavy (non-hydrogen) atoms. The maximum atomic E-state index is 12.8. The summed E-state index contributed by atoms with van der Waals surface area (Å²) >= 11 is 0. The van der Waals surface area contributed by atoms with Crippen LogP contribution in [0.1, 0.15) is 29.8 Å². The summed E-state index contributed by atoms with van der Waals surface area (Å²) < 4.78 is 22.2. The summed E-state index contributed by atoms with van der Waals surface area (Å²) in [7, 11) is 1.57. The van der Waals surface area contributed by atoms with E-state index >= 15 is 0 Å². The molecular weight excluding hydrogens is 346 g/mol. The van der Waals surface area contributed by atoms with E-state index in [2.05, 4.69) is 0 Å². The van der Waals surface area contributed by atoms with Crippen molar-refractivity contribution in [3.05, 3.63) is 47.0 Å². The van der Waals surface area contributed by atoms with Gasteiger partial charge in [-0.05, 0) is 55.8 Å². The zero-order valence-electron chi connectivity index (χ0n) is 15.7. The number of nitrogens with two attached hydrogens (primary N) is 1. The van der Waals surface area contributed by atoms with Gasteiger partial charge in [0, 0.05) is 11.1 Å². The number of allylic oxidation sites excluding steroid dienone is 1. The van der Waals surface area contributed by atoms with Gasteiger partial charge in [-0.3, -0.25) is 4.79 Å². The highest BCUT2D eigenvalue weighted by molar-refractivity contribution is 6.11. The number of rotatable bonds is 6. The van der Waals surface area contributed by atoms with Crippen LogP contribution in [-0.4, -0.2) is 32.7 Å². The molecule has 6 heteroatoms. The maximum absolute atomic E-state index is 12.8. The number of ether oxygens (including phenoxy) is 4. The van der Waals surface area contributed by atoms with Crippen LogP contribution in [0.25, 0.3) is 6.08 Å². The molecule has 0 unspecified atom stereocenters. The Bertz CT molecular complexity index is 888. The van der Waals surface area contributed by atoms with Gasteiger partial charge in [-0.2, -0.15) is 0 Å². The summed E-state index contributed by atoms with van der Waals surface area (Å²) in [5.41, 5.74) is 8.20. The molecule has 1 aliphatic rings. The highest BCUT2D eigenvalue weighted by Crippen LogP contribution is 2.42. The van der Waals surface area contributed by atoms with Crippen LogP contribution in [-0.2, 0) is 0 Å².